The van der Waals surface area contributed by atoms with Crippen LogP contribution in [-0.2, 0) is 13.0 Å². The average Bonchev–Trinajstić information content (AvgIpc) is 2.43. The maximum atomic E-state index is 8.86. The van der Waals surface area contributed by atoms with Gasteiger partial charge in [0.05, 0.1) is 0 Å². The second-order valence-corrected chi connectivity index (χ2v) is 4.87. The molecule has 2 aromatic rings. The lowest BCUT2D eigenvalue weighted by Crippen LogP contribution is -2.00. The molecule has 0 unspecified atom stereocenters. The highest BCUT2D eigenvalue weighted by atomic mass is 16.2. The fraction of sp³-hybridized carbons (Fsp3) is 0.294. The Balaban J connectivity index is 1.95. The second kappa shape index (κ2) is 6.95. The van der Waals surface area contributed by atoms with E-state index in [1.165, 1.54) is 16.7 Å². The molecule has 0 bridgehead atoms. The standard InChI is InChI=1S/C17H21NO/c1-14-5-2-7-16(11-14)13-18-17-9-3-6-15(12-17)8-4-10-19/h2-3,5-7,9,11-12,18-19H,4,8,10,13H2,1H3. The molecule has 0 spiro atoms. The molecule has 0 atom stereocenters. The van der Waals surface area contributed by atoms with Crippen LogP contribution in [0.1, 0.15) is 23.1 Å². The first-order valence-electron chi connectivity index (χ1n) is 6.77. The van der Waals surface area contributed by atoms with E-state index >= 15 is 0 Å². The number of aliphatic hydroxyl groups is 1. The van der Waals surface area contributed by atoms with E-state index in [1.54, 1.807) is 0 Å². The van der Waals surface area contributed by atoms with Gasteiger partial charge in [-0.25, -0.2) is 0 Å². The van der Waals surface area contributed by atoms with Crippen molar-refractivity contribution in [2.75, 3.05) is 11.9 Å². The van der Waals surface area contributed by atoms with Crippen molar-refractivity contribution < 1.29 is 5.11 Å². The third-order valence-electron chi connectivity index (χ3n) is 3.13. The van der Waals surface area contributed by atoms with Crippen molar-refractivity contribution in [1.29, 1.82) is 0 Å². The van der Waals surface area contributed by atoms with Gasteiger partial charge in [-0.2, -0.15) is 0 Å². The average molecular weight is 255 g/mol. The Hall–Kier alpha value is -1.80. The summed E-state index contributed by atoms with van der Waals surface area (Å²) in [5.74, 6) is 0. The van der Waals surface area contributed by atoms with E-state index in [-0.39, 0.29) is 6.61 Å². The molecule has 0 saturated heterocycles. The Kier molecular flexibility index (Phi) is 4.99. The lowest BCUT2D eigenvalue weighted by atomic mass is 10.1. The minimum atomic E-state index is 0.251. The van der Waals surface area contributed by atoms with Crippen molar-refractivity contribution in [2.45, 2.75) is 26.3 Å². The molecule has 0 heterocycles. The lowest BCUT2D eigenvalue weighted by Gasteiger charge is -2.09. The number of hydrogen-bond acceptors (Lipinski definition) is 2. The van der Waals surface area contributed by atoms with Gasteiger partial charge in [0.25, 0.3) is 0 Å². The quantitative estimate of drug-likeness (QED) is 0.827. The van der Waals surface area contributed by atoms with Crippen molar-refractivity contribution in [2.24, 2.45) is 0 Å². The maximum Gasteiger partial charge on any atom is 0.0434 e. The van der Waals surface area contributed by atoms with Gasteiger partial charge in [0.15, 0.2) is 0 Å². The molecule has 100 valence electrons. The number of aliphatic hydroxyl groups excluding tert-OH is 1. The van der Waals surface area contributed by atoms with E-state index in [0.717, 1.165) is 25.1 Å². The maximum absolute atomic E-state index is 8.86. The Morgan fingerprint density at radius 1 is 1.00 bits per heavy atom. The molecule has 0 fully saturated rings. The van der Waals surface area contributed by atoms with E-state index in [0.29, 0.717) is 0 Å². The molecule has 2 rings (SSSR count). The molecule has 0 amide bonds. The number of hydrogen-bond donors (Lipinski definition) is 2. The molecule has 0 radical (unpaired) electrons. The predicted octanol–water partition coefficient (Wildman–Crippen LogP) is 3.53. The van der Waals surface area contributed by atoms with E-state index < -0.39 is 0 Å². The lowest BCUT2D eigenvalue weighted by molar-refractivity contribution is 0.288. The smallest absolute Gasteiger partial charge is 0.0434 e. The number of rotatable bonds is 6. The fourth-order valence-electron chi connectivity index (χ4n) is 2.15. The van der Waals surface area contributed by atoms with Crippen LogP contribution >= 0.6 is 0 Å². The van der Waals surface area contributed by atoms with Gasteiger partial charge in [-0.15, -0.1) is 0 Å². The van der Waals surface area contributed by atoms with Crippen LogP contribution in [0, 0.1) is 6.92 Å². The zero-order valence-electron chi connectivity index (χ0n) is 11.4. The van der Waals surface area contributed by atoms with Gasteiger partial charge in [-0.05, 0) is 43.0 Å². The van der Waals surface area contributed by atoms with Gasteiger partial charge >= 0.3 is 0 Å². The molecule has 2 N–H and O–H groups in total. The van der Waals surface area contributed by atoms with Crippen LogP contribution in [0.5, 0.6) is 0 Å². The van der Waals surface area contributed by atoms with Crippen molar-refractivity contribution in [3.63, 3.8) is 0 Å². The Bertz CT molecular complexity index is 522. The number of nitrogens with one attached hydrogen (secondary N) is 1. The molecular formula is C17H21NO. The van der Waals surface area contributed by atoms with Gasteiger partial charge in [0.2, 0.25) is 0 Å². The summed E-state index contributed by atoms with van der Waals surface area (Å²) in [5, 5.41) is 12.3. The van der Waals surface area contributed by atoms with Gasteiger partial charge in [0, 0.05) is 18.8 Å². The molecule has 0 aliphatic heterocycles. The second-order valence-electron chi connectivity index (χ2n) is 4.87. The molecule has 2 heteroatoms. The zero-order valence-corrected chi connectivity index (χ0v) is 11.4. The first-order valence-corrected chi connectivity index (χ1v) is 6.77. The Labute approximate surface area is 115 Å². The van der Waals surface area contributed by atoms with Crippen molar-refractivity contribution in [3.05, 3.63) is 65.2 Å². The topological polar surface area (TPSA) is 32.3 Å². The van der Waals surface area contributed by atoms with Crippen LogP contribution in [-0.4, -0.2) is 11.7 Å². The number of benzene rings is 2. The van der Waals surface area contributed by atoms with Crippen LogP contribution in [0.15, 0.2) is 48.5 Å². The van der Waals surface area contributed by atoms with Gasteiger partial charge in [0.1, 0.15) is 0 Å². The van der Waals surface area contributed by atoms with E-state index in [9.17, 15) is 0 Å². The number of anilines is 1. The van der Waals surface area contributed by atoms with Gasteiger partial charge in [-0.1, -0.05) is 42.0 Å². The van der Waals surface area contributed by atoms with Crippen molar-refractivity contribution >= 4 is 5.69 Å². The molecule has 0 saturated carbocycles. The molecule has 0 aliphatic rings. The molecule has 0 aromatic heterocycles. The van der Waals surface area contributed by atoms with Crippen LogP contribution < -0.4 is 5.32 Å². The third kappa shape index (κ3) is 4.42. The van der Waals surface area contributed by atoms with E-state index in [1.807, 2.05) is 0 Å². The summed E-state index contributed by atoms with van der Waals surface area (Å²) in [5.41, 5.74) is 4.98. The highest BCUT2D eigenvalue weighted by Gasteiger charge is 1.97. The zero-order chi connectivity index (χ0) is 13.5. The summed E-state index contributed by atoms with van der Waals surface area (Å²) >= 11 is 0. The highest BCUT2D eigenvalue weighted by molar-refractivity contribution is 5.46. The van der Waals surface area contributed by atoms with Crippen LogP contribution in [0.4, 0.5) is 5.69 Å². The van der Waals surface area contributed by atoms with Gasteiger partial charge in [-0.3, -0.25) is 0 Å². The Morgan fingerprint density at radius 2 is 1.79 bits per heavy atom. The highest BCUT2D eigenvalue weighted by Crippen LogP contribution is 2.14. The summed E-state index contributed by atoms with van der Waals surface area (Å²) in [6, 6.07) is 16.9. The summed E-state index contributed by atoms with van der Waals surface area (Å²) in [7, 11) is 0. The monoisotopic (exact) mass is 255 g/mol. The third-order valence-corrected chi connectivity index (χ3v) is 3.13. The molecule has 2 aromatic carbocycles. The van der Waals surface area contributed by atoms with Gasteiger partial charge < -0.3 is 10.4 Å². The van der Waals surface area contributed by atoms with Crippen LogP contribution in [0.3, 0.4) is 0 Å². The largest absolute Gasteiger partial charge is 0.396 e. The van der Waals surface area contributed by atoms with Crippen LogP contribution in [0.2, 0.25) is 0 Å². The minimum absolute atomic E-state index is 0.251. The summed E-state index contributed by atoms with van der Waals surface area (Å²) in [6.07, 6.45) is 1.75. The molecule has 0 aliphatic carbocycles. The molecular weight excluding hydrogens is 234 g/mol. The summed E-state index contributed by atoms with van der Waals surface area (Å²) in [4.78, 5) is 0. The predicted molar refractivity (Wildman–Crippen MR) is 80.4 cm³/mol. The molecule has 2 nitrogen and oxygen atoms in total. The van der Waals surface area contributed by atoms with E-state index in [4.69, 9.17) is 5.11 Å². The fourth-order valence-corrected chi connectivity index (χ4v) is 2.15. The first kappa shape index (κ1) is 13.6. The minimum Gasteiger partial charge on any atom is -0.396 e. The Morgan fingerprint density at radius 3 is 2.58 bits per heavy atom. The van der Waals surface area contributed by atoms with E-state index in [2.05, 4.69) is 60.8 Å². The normalized spacial score (nSPS) is 10.4. The van der Waals surface area contributed by atoms with Crippen LogP contribution in [0.25, 0.3) is 0 Å². The number of aryl methyl sites for hydroxylation is 2. The van der Waals surface area contributed by atoms with Crippen molar-refractivity contribution in [3.8, 4) is 0 Å². The molecule has 19 heavy (non-hydrogen) atoms. The van der Waals surface area contributed by atoms with Crippen molar-refractivity contribution in [1.82, 2.24) is 0 Å². The first-order chi connectivity index (χ1) is 9.28. The summed E-state index contributed by atoms with van der Waals surface area (Å²) < 4.78 is 0. The summed E-state index contributed by atoms with van der Waals surface area (Å²) in [6.45, 7) is 3.20. The SMILES string of the molecule is Cc1cccc(CNc2cccc(CCCO)c2)c1.